The van der Waals surface area contributed by atoms with Crippen molar-refractivity contribution in [3.05, 3.63) is 22.8 Å². The molecule has 4 nitrogen and oxygen atoms in total. The third-order valence-electron chi connectivity index (χ3n) is 3.11. The highest BCUT2D eigenvalue weighted by Gasteiger charge is 2.21. The molecule has 0 aliphatic heterocycles. The molecule has 18 heavy (non-hydrogen) atoms. The molecule has 0 aromatic carbocycles. The van der Waals surface area contributed by atoms with Gasteiger partial charge < -0.3 is 15.4 Å². The summed E-state index contributed by atoms with van der Waals surface area (Å²) in [6, 6.07) is 3.75. The van der Waals surface area contributed by atoms with Crippen LogP contribution in [-0.4, -0.2) is 31.8 Å². The van der Waals surface area contributed by atoms with Crippen molar-refractivity contribution < 1.29 is 4.74 Å². The Morgan fingerprint density at radius 3 is 2.94 bits per heavy atom. The first kappa shape index (κ1) is 13.6. The maximum Gasteiger partial charge on any atom is 0.128 e. The van der Waals surface area contributed by atoms with Crippen LogP contribution in [0.2, 0.25) is 5.02 Å². The van der Waals surface area contributed by atoms with Crippen molar-refractivity contribution in [2.45, 2.75) is 19.4 Å². The first-order valence-electron chi connectivity index (χ1n) is 6.35. The number of rotatable bonds is 7. The average molecular weight is 270 g/mol. The van der Waals surface area contributed by atoms with Gasteiger partial charge in [0.25, 0.3) is 0 Å². The SMILES string of the molecule is CN(CCOCC1CC1)c1ccc(Cl)c(CN)n1. The molecule has 2 N–H and O–H groups in total. The Hall–Kier alpha value is -0.840. The fraction of sp³-hybridized carbons (Fsp3) is 0.615. The molecule has 1 aromatic rings. The molecular formula is C13H20ClN3O. The Morgan fingerprint density at radius 2 is 2.28 bits per heavy atom. The van der Waals surface area contributed by atoms with Gasteiger partial charge in [0.1, 0.15) is 5.82 Å². The molecular weight excluding hydrogens is 250 g/mol. The van der Waals surface area contributed by atoms with Gasteiger partial charge in [0, 0.05) is 26.7 Å². The lowest BCUT2D eigenvalue weighted by Crippen LogP contribution is -2.24. The summed E-state index contributed by atoms with van der Waals surface area (Å²) < 4.78 is 5.61. The molecule has 1 aliphatic carbocycles. The summed E-state index contributed by atoms with van der Waals surface area (Å²) in [7, 11) is 2.00. The van der Waals surface area contributed by atoms with Crippen molar-refractivity contribution >= 4 is 17.4 Å². The largest absolute Gasteiger partial charge is 0.379 e. The lowest BCUT2D eigenvalue weighted by molar-refractivity contribution is 0.131. The second-order valence-corrected chi connectivity index (χ2v) is 5.15. The minimum atomic E-state index is 0.360. The van der Waals surface area contributed by atoms with Gasteiger partial charge in [0.05, 0.1) is 17.3 Å². The van der Waals surface area contributed by atoms with Gasteiger partial charge in [-0.1, -0.05) is 11.6 Å². The molecule has 0 spiro atoms. The van der Waals surface area contributed by atoms with E-state index in [4.69, 9.17) is 22.1 Å². The highest BCUT2D eigenvalue weighted by Crippen LogP contribution is 2.28. The molecule has 0 unspecified atom stereocenters. The molecule has 0 amide bonds. The molecule has 1 saturated carbocycles. The first-order chi connectivity index (χ1) is 8.70. The number of ether oxygens (including phenoxy) is 1. The standard InChI is InChI=1S/C13H20ClN3O/c1-17(6-7-18-9-10-2-3-10)13-5-4-11(14)12(8-15)16-13/h4-5,10H,2-3,6-9,15H2,1H3. The van der Waals surface area contributed by atoms with Crippen LogP contribution in [0.1, 0.15) is 18.5 Å². The summed E-state index contributed by atoms with van der Waals surface area (Å²) in [4.78, 5) is 6.49. The second-order valence-electron chi connectivity index (χ2n) is 4.74. The molecule has 1 heterocycles. The van der Waals surface area contributed by atoms with Gasteiger partial charge in [0.2, 0.25) is 0 Å². The van der Waals surface area contributed by atoms with E-state index >= 15 is 0 Å². The van der Waals surface area contributed by atoms with Crippen molar-refractivity contribution in [1.82, 2.24) is 4.98 Å². The van der Waals surface area contributed by atoms with E-state index in [2.05, 4.69) is 9.88 Å². The third-order valence-corrected chi connectivity index (χ3v) is 3.45. The molecule has 2 rings (SSSR count). The zero-order valence-electron chi connectivity index (χ0n) is 10.7. The van der Waals surface area contributed by atoms with E-state index in [0.29, 0.717) is 11.6 Å². The third kappa shape index (κ3) is 3.83. The zero-order valence-corrected chi connectivity index (χ0v) is 11.5. The van der Waals surface area contributed by atoms with Crippen molar-refractivity contribution in [3.63, 3.8) is 0 Å². The van der Waals surface area contributed by atoms with Crippen LogP contribution in [0, 0.1) is 5.92 Å². The van der Waals surface area contributed by atoms with Crippen LogP contribution in [0.4, 0.5) is 5.82 Å². The van der Waals surface area contributed by atoms with Gasteiger partial charge in [-0.05, 0) is 30.9 Å². The number of halogens is 1. The summed E-state index contributed by atoms with van der Waals surface area (Å²) in [6.07, 6.45) is 2.66. The Bertz CT molecular complexity index is 396. The fourth-order valence-electron chi connectivity index (χ4n) is 1.68. The predicted molar refractivity (Wildman–Crippen MR) is 74.0 cm³/mol. The normalized spacial score (nSPS) is 14.8. The van der Waals surface area contributed by atoms with Gasteiger partial charge in [-0.15, -0.1) is 0 Å². The number of hydrogen-bond acceptors (Lipinski definition) is 4. The lowest BCUT2D eigenvalue weighted by atomic mass is 10.3. The smallest absolute Gasteiger partial charge is 0.128 e. The van der Waals surface area contributed by atoms with Gasteiger partial charge in [-0.3, -0.25) is 0 Å². The van der Waals surface area contributed by atoms with E-state index in [-0.39, 0.29) is 0 Å². The molecule has 1 fully saturated rings. The van der Waals surface area contributed by atoms with Crippen molar-refractivity contribution in [3.8, 4) is 0 Å². The van der Waals surface area contributed by atoms with Gasteiger partial charge >= 0.3 is 0 Å². The summed E-state index contributed by atoms with van der Waals surface area (Å²) in [5.41, 5.74) is 6.33. The second kappa shape index (κ2) is 6.36. The van der Waals surface area contributed by atoms with E-state index < -0.39 is 0 Å². The summed E-state index contributed by atoms with van der Waals surface area (Å²) in [6.45, 7) is 2.81. The van der Waals surface area contributed by atoms with Crippen LogP contribution in [-0.2, 0) is 11.3 Å². The lowest BCUT2D eigenvalue weighted by Gasteiger charge is -2.19. The summed E-state index contributed by atoms with van der Waals surface area (Å²) in [5.74, 6) is 1.70. The maximum absolute atomic E-state index is 5.98. The van der Waals surface area contributed by atoms with Gasteiger partial charge in [-0.25, -0.2) is 4.98 Å². The van der Waals surface area contributed by atoms with Crippen LogP contribution < -0.4 is 10.6 Å². The average Bonchev–Trinajstić information content (AvgIpc) is 3.19. The number of pyridine rings is 1. The molecule has 1 aliphatic rings. The maximum atomic E-state index is 5.98. The number of aromatic nitrogens is 1. The van der Waals surface area contributed by atoms with E-state index in [1.165, 1.54) is 12.8 Å². The number of anilines is 1. The highest BCUT2D eigenvalue weighted by atomic mass is 35.5. The van der Waals surface area contributed by atoms with E-state index in [9.17, 15) is 0 Å². The quantitative estimate of drug-likeness (QED) is 0.770. The highest BCUT2D eigenvalue weighted by molar-refractivity contribution is 6.31. The summed E-state index contributed by atoms with van der Waals surface area (Å²) >= 11 is 5.98. The Balaban J connectivity index is 1.81. The number of likely N-dealkylation sites (N-methyl/N-ethyl adjacent to an activating group) is 1. The molecule has 100 valence electrons. The summed E-state index contributed by atoms with van der Waals surface area (Å²) in [5, 5.41) is 0.625. The van der Waals surface area contributed by atoms with E-state index in [1.807, 2.05) is 19.2 Å². The van der Waals surface area contributed by atoms with Gasteiger partial charge in [-0.2, -0.15) is 0 Å². The molecule has 0 radical (unpaired) electrons. The van der Waals surface area contributed by atoms with Crippen LogP contribution in [0.5, 0.6) is 0 Å². The predicted octanol–water partition coefficient (Wildman–Crippen LogP) is 2.06. The molecule has 0 atom stereocenters. The Morgan fingerprint density at radius 1 is 1.50 bits per heavy atom. The minimum absolute atomic E-state index is 0.360. The van der Waals surface area contributed by atoms with E-state index in [1.54, 1.807) is 0 Å². The van der Waals surface area contributed by atoms with Gasteiger partial charge in [0.15, 0.2) is 0 Å². The van der Waals surface area contributed by atoms with Crippen LogP contribution in [0.3, 0.4) is 0 Å². The van der Waals surface area contributed by atoms with Crippen LogP contribution in [0.15, 0.2) is 12.1 Å². The number of hydrogen-bond donors (Lipinski definition) is 1. The first-order valence-corrected chi connectivity index (χ1v) is 6.73. The zero-order chi connectivity index (χ0) is 13.0. The molecule has 5 heteroatoms. The fourth-order valence-corrected chi connectivity index (χ4v) is 1.86. The number of nitrogens with zero attached hydrogens (tertiary/aromatic N) is 2. The van der Waals surface area contributed by atoms with Crippen molar-refractivity contribution in [2.24, 2.45) is 11.7 Å². The van der Waals surface area contributed by atoms with Crippen molar-refractivity contribution in [2.75, 3.05) is 31.7 Å². The Kier molecular flexibility index (Phi) is 4.80. The van der Waals surface area contributed by atoms with E-state index in [0.717, 1.165) is 37.2 Å². The van der Waals surface area contributed by atoms with Crippen LogP contribution >= 0.6 is 11.6 Å². The van der Waals surface area contributed by atoms with Crippen molar-refractivity contribution in [1.29, 1.82) is 0 Å². The minimum Gasteiger partial charge on any atom is -0.379 e. The number of nitrogens with two attached hydrogens (primary N) is 1. The Labute approximate surface area is 113 Å². The molecule has 1 aromatic heterocycles. The molecule has 0 saturated heterocycles. The van der Waals surface area contributed by atoms with Crippen LogP contribution in [0.25, 0.3) is 0 Å². The monoisotopic (exact) mass is 269 g/mol. The molecule has 0 bridgehead atoms. The topological polar surface area (TPSA) is 51.4 Å².